The van der Waals surface area contributed by atoms with Gasteiger partial charge < -0.3 is 5.32 Å². The van der Waals surface area contributed by atoms with Crippen molar-refractivity contribution in [2.45, 2.75) is 18.4 Å². The van der Waals surface area contributed by atoms with Gasteiger partial charge in [-0.25, -0.2) is 12.8 Å². The second-order valence-corrected chi connectivity index (χ2v) is 8.73. The van der Waals surface area contributed by atoms with Crippen LogP contribution in [0.5, 0.6) is 0 Å². The van der Waals surface area contributed by atoms with E-state index in [1.165, 1.54) is 34.6 Å². The van der Waals surface area contributed by atoms with Crippen molar-refractivity contribution in [3.8, 4) is 0 Å². The predicted molar refractivity (Wildman–Crippen MR) is 116 cm³/mol. The van der Waals surface area contributed by atoms with E-state index in [4.69, 9.17) is 11.6 Å². The summed E-state index contributed by atoms with van der Waals surface area (Å²) in [5.74, 6) is -0.894. The summed E-state index contributed by atoms with van der Waals surface area (Å²) in [5.41, 5.74) is 1.27. The summed E-state index contributed by atoms with van der Waals surface area (Å²) in [6.45, 7) is 2.11. The van der Waals surface area contributed by atoms with Crippen molar-refractivity contribution in [3.63, 3.8) is 0 Å². The van der Waals surface area contributed by atoms with Gasteiger partial charge in [-0.05, 0) is 55.0 Å². The Labute approximate surface area is 180 Å². The maximum atomic E-state index is 13.2. The van der Waals surface area contributed by atoms with Crippen LogP contribution in [0.2, 0.25) is 5.02 Å². The number of halogens is 2. The molecule has 0 saturated heterocycles. The van der Waals surface area contributed by atoms with Gasteiger partial charge in [-0.3, -0.25) is 9.10 Å². The molecule has 0 fully saturated rings. The number of hydrogen-bond acceptors (Lipinski definition) is 3. The zero-order valence-corrected chi connectivity index (χ0v) is 17.8. The van der Waals surface area contributed by atoms with Gasteiger partial charge in [-0.2, -0.15) is 0 Å². The first-order chi connectivity index (χ1) is 14.3. The summed E-state index contributed by atoms with van der Waals surface area (Å²) in [6.07, 6.45) is 0. The number of carbonyl (C=O) groups excluding carboxylic acids is 1. The van der Waals surface area contributed by atoms with E-state index in [1.54, 1.807) is 49.4 Å². The topological polar surface area (TPSA) is 66.5 Å². The molecule has 0 unspecified atom stereocenters. The van der Waals surface area contributed by atoms with Crippen molar-refractivity contribution in [3.05, 3.63) is 94.8 Å². The second kappa shape index (κ2) is 9.28. The Morgan fingerprint density at radius 1 is 1.03 bits per heavy atom. The molecule has 0 bridgehead atoms. The molecule has 8 heteroatoms. The molecule has 3 rings (SSSR count). The number of nitrogens with zero attached hydrogens (tertiary/aromatic N) is 1. The predicted octanol–water partition coefficient (Wildman–Crippen LogP) is 4.62. The van der Waals surface area contributed by atoms with Crippen molar-refractivity contribution in [2.24, 2.45) is 0 Å². The molecule has 3 aromatic rings. The second-order valence-electron chi connectivity index (χ2n) is 6.46. The van der Waals surface area contributed by atoms with Gasteiger partial charge in [0.15, 0.2) is 0 Å². The van der Waals surface area contributed by atoms with Gasteiger partial charge in [0, 0.05) is 13.1 Å². The summed E-state index contributed by atoms with van der Waals surface area (Å²) in [6, 6.07) is 18.4. The normalized spacial score (nSPS) is 11.2. The molecule has 3 aromatic carbocycles. The fourth-order valence-electron chi connectivity index (χ4n) is 2.93. The first kappa shape index (κ1) is 21.8. The Balaban J connectivity index is 1.86. The molecular formula is C22H20ClFN2O3S. The minimum absolute atomic E-state index is 0.0375. The minimum atomic E-state index is -3.90. The first-order valence-corrected chi connectivity index (χ1v) is 11.0. The van der Waals surface area contributed by atoms with E-state index in [2.05, 4.69) is 5.32 Å². The van der Waals surface area contributed by atoms with E-state index in [1.807, 2.05) is 0 Å². The lowest BCUT2D eigenvalue weighted by Gasteiger charge is -2.23. The van der Waals surface area contributed by atoms with Crippen LogP contribution in [-0.2, 0) is 16.6 Å². The summed E-state index contributed by atoms with van der Waals surface area (Å²) in [5, 5.41) is 2.81. The van der Waals surface area contributed by atoms with Crippen molar-refractivity contribution in [1.82, 2.24) is 5.32 Å². The van der Waals surface area contributed by atoms with Gasteiger partial charge in [-0.1, -0.05) is 41.9 Å². The highest BCUT2D eigenvalue weighted by Crippen LogP contribution is 2.26. The number of hydrogen-bond donors (Lipinski definition) is 1. The fraction of sp³-hybridized carbons (Fsp3) is 0.136. The van der Waals surface area contributed by atoms with E-state index in [0.717, 1.165) is 0 Å². The summed E-state index contributed by atoms with van der Waals surface area (Å²) >= 11 is 6.16. The van der Waals surface area contributed by atoms with Crippen LogP contribution in [0.25, 0.3) is 0 Å². The van der Waals surface area contributed by atoms with Crippen LogP contribution in [-0.4, -0.2) is 20.9 Å². The van der Waals surface area contributed by atoms with Crippen molar-refractivity contribution >= 4 is 33.2 Å². The van der Waals surface area contributed by atoms with E-state index < -0.39 is 15.9 Å². The monoisotopic (exact) mass is 446 g/mol. The Bertz CT molecular complexity index is 1140. The molecule has 0 saturated carbocycles. The average molecular weight is 447 g/mol. The van der Waals surface area contributed by atoms with Crippen LogP contribution in [0.4, 0.5) is 10.1 Å². The summed E-state index contributed by atoms with van der Waals surface area (Å²) < 4.78 is 40.6. The number of amides is 1. The number of sulfonamides is 1. The molecule has 0 radical (unpaired) electrons. The maximum absolute atomic E-state index is 13.2. The van der Waals surface area contributed by atoms with E-state index in [0.29, 0.717) is 11.3 Å². The van der Waals surface area contributed by atoms with Crippen LogP contribution in [0, 0.1) is 5.82 Å². The van der Waals surface area contributed by atoms with Gasteiger partial charge in [0.2, 0.25) is 0 Å². The maximum Gasteiger partial charge on any atom is 0.264 e. The van der Waals surface area contributed by atoms with E-state index in [9.17, 15) is 17.6 Å². The third kappa shape index (κ3) is 4.80. The average Bonchev–Trinajstić information content (AvgIpc) is 2.74. The smallest absolute Gasteiger partial charge is 0.264 e. The third-order valence-electron chi connectivity index (χ3n) is 4.47. The molecule has 5 nitrogen and oxygen atoms in total. The Hall–Kier alpha value is -2.90. The molecule has 0 atom stereocenters. The van der Waals surface area contributed by atoms with E-state index >= 15 is 0 Å². The van der Waals surface area contributed by atoms with Crippen molar-refractivity contribution < 1.29 is 17.6 Å². The first-order valence-electron chi connectivity index (χ1n) is 9.23. The molecule has 0 aliphatic rings. The van der Waals surface area contributed by atoms with Crippen LogP contribution in [0.3, 0.4) is 0 Å². The lowest BCUT2D eigenvalue weighted by molar-refractivity contribution is 0.0951. The number of rotatable bonds is 7. The Morgan fingerprint density at radius 2 is 1.70 bits per heavy atom. The molecule has 0 aromatic heterocycles. The van der Waals surface area contributed by atoms with Crippen LogP contribution < -0.4 is 9.62 Å². The zero-order chi connectivity index (χ0) is 21.7. The van der Waals surface area contributed by atoms with Gasteiger partial charge in [0.25, 0.3) is 15.9 Å². The lowest BCUT2D eigenvalue weighted by Crippen LogP contribution is -2.31. The number of nitrogens with one attached hydrogen (secondary N) is 1. The summed E-state index contributed by atoms with van der Waals surface area (Å²) in [7, 11) is -3.90. The van der Waals surface area contributed by atoms with Gasteiger partial charge in [0.1, 0.15) is 5.82 Å². The molecule has 0 spiro atoms. The lowest BCUT2D eigenvalue weighted by atomic mass is 10.2. The molecule has 1 N–H and O–H groups in total. The quantitative estimate of drug-likeness (QED) is 0.575. The number of benzene rings is 3. The highest BCUT2D eigenvalue weighted by Gasteiger charge is 2.25. The molecule has 1 amide bonds. The number of anilines is 1. The van der Waals surface area contributed by atoms with Crippen LogP contribution >= 0.6 is 11.6 Å². The molecule has 0 heterocycles. The standard InChI is InChI=1S/C22H20ClFN2O3S/c1-2-26(18-6-4-3-5-7-18)30(28,29)19-12-13-21(23)20(14-19)22(27)25-15-16-8-10-17(24)11-9-16/h3-14H,2,15H2,1H3,(H,25,27). The Kier molecular flexibility index (Phi) is 6.74. The van der Waals surface area contributed by atoms with Crippen molar-refractivity contribution in [1.29, 1.82) is 0 Å². The van der Waals surface area contributed by atoms with Gasteiger partial charge in [-0.15, -0.1) is 0 Å². The third-order valence-corrected chi connectivity index (χ3v) is 6.70. The molecule has 0 aliphatic carbocycles. The minimum Gasteiger partial charge on any atom is -0.348 e. The molecule has 156 valence electrons. The SMILES string of the molecule is CCN(c1ccccc1)S(=O)(=O)c1ccc(Cl)c(C(=O)NCc2ccc(F)cc2)c1. The van der Waals surface area contributed by atoms with Crippen LogP contribution in [0.15, 0.2) is 77.7 Å². The van der Waals surface area contributed by atoms with E-state index in [-0.39, 0.29) is 34.4 Å². The van der Waals surface area contributed by atoms with Gasteiger partial charge in [0.05, 0.1) is 21.2 Å². The van der Waals surface area contributed by atoms with Gasteiger partial charge >= 0.3 is 0 Å². The highest BCUT2D eigenvalue weighted by atomic mass is 35.5. The van der Waals surface area contributed by atoms with Crippen molar-refractivity contribution in [2.75, 3.05) is 10.8 Å². The number of carbonyl (C=O) groups is 1. The molecule has 30 heavy (non-hydrogen) atoms. The molecule has 0 aliphatic heterocycles. The largest absolute Gasteiger partial charge is 0.348 e. The highest BCUT2D eigenvalue weighted by molar-refractivity contribution is 7.92. The van der Waals surface area contributed by atoms with Crippen LogP contribution in [0.1, 0.15) is 22.8 Å². The molecular weight excluding hydrogens is 427 g/mol. The fourth-order valence-corrected chi connectivity index (χ4v) is 4.64. The number of para-hydroxylation sites is 1. The zero-order valence-electron chi connectivity index (χ0n) is 16.2. The summed E-state index contributed by atoms with van der Waals surface area (Å²) in [4.78, 5) is 12.6. The Morgan fingerprint density at radius 3 is 2.33 bits per heavy atom.